The fraction of sp³-hybridized carbons (Fsp3) is 0.167. The number of benzene rings is 2. The van der Waals surface area contributed by atoms with Crippen molar-refractivity contribution in [2.24, 2.45) is 4.99 Å². The molecule has 2 nitrogen and oxygen atoms in total. The van der Waals surface area contributed by atoms with Gasteiger partial charge in [-0.15, -0.1) is 0 Å². The zero-order valence-electron chi connectivity index (χ0n) is 11.8. The molecular formula is C18H19NO. The van der Waals surface area contributed by atoms with E-state index in [0.29, 0.717) is 18.9 Å². The van der Waals surface area contributed by atoms with Gasteiger partial charge in [0.05, 0.1) is 18.9 Å². The topological polar surface area (TPSA) is 21.6 Å². The van der Waals surface area contributed by atoms with E-state index in [4.69, 9.17) is 4.74 Å². The summed E-state index contributed by atoms with van der Waals surface area (Å²) in [7, 11) is 0. The maximum Gasteiger partial charge on any atom is 0.110 e. The monoisotopic (exact) mass is 265 g/mol. The smallest absolute Gasteiger partial charge is 0.110 e. The maximum absolute atomic E-state index is 5.36. The summed E-state index contributed by atoms with van der Waals surface area (Å²) in [5.74, 6) is 0.692. The van der Waals surface area contributed by atoms with Gasteiger partial charge in [0.1, 0.15) is 5.76 Å². The molecule has 102 valence electrons. The van der Waals surface area contributed by atoms with E-state index in [-0.39, 0.29) is 0 Å². The van der Waals surface area contributed by atoms with Crippen LogP contribution in [-0.4, -0.2) is 18.9 Å². The fourth-order valence-corrected chi connectivity index (χ4v) is 1.96. The third-order valence-electron chi connectivity index (χ3n) is 2.86. The van der Waals surface area contributed by atoms with Gasteiger partial charge in [-0.1, -0.05) is 67.2 Å². The average Bonchev–Trinajstić information content (AvgIpc) is 2.50. The molecule has 0 heterocycles. The van der Waals surface area contributed by atoms with E-state index >= 15 is 0 Å². The first kappa shape index (κ1) is 14.1. The zero-order chi connectivity index (χ0) is 14.2. The van der Waals surface area contributed by atoms with Gasteiger partial charge in [0, 0.05) is 11.1 Å². The van der Waals surface area contributed by atoms with Crippen molar-refractivity contribution >= 4 is 5.71 Å². The summed E-state index contributed by atoms with van der Waals surface area (Å²) in [5.41, 5.74) is 3.16. The van der Waals surface area contributed by atoms with E-state index in [1.807, 2.05) is 43.3 Å². The van der Waals surface area contributed by atoms with Crippen molar-refractivity contribution < 1.29 is 4.74 Å². The van der Waals surface area contributed by atoms with Gasteiger partial charge in [-0.3, -0.25) is 4.99 Å². The first-order valence-electron chi connectivity index (χ1n) is 6.77. The lowest BCUT2D eigenvalue weighted by molar-refractivity contribution is 0.228. The molecule has 0 aliphatic rings. The molecule has 0 amide bonds. The van der Waals surface area contributed by atoms with Crippen LogP contribution in [-0.2, 0) is 4.74 Å². The predicted octanol–water partition coefficient (Wildman–Crippen LogP) is 4.07. The van der Waals surface area contributed by atoms with Gasteiger partial charge in [-0.2, -0.15) is 0 Å². The van der Waals surface area contributed by atoms with Gasteiger partial charge >= 0.3 is 0 Å². The Morgan fingerprint density at radius 1 is 0.950 bits per heavy atom. The maximum atomic E-state index is 5.36. The highest BCUT2D eigenvalue weighted by atomic mass is 16.5. The van der Waals surface area contributed by atoms with E-state index in [2.05, 4.69) is 35.8 Å². The van der Waals surface area contributed by atoms with Crippen LogP contribution in [0.15, 0.2) is 78.0 Å². The molecule has 0 unspecified atom stereocenters. The molecule has 0 aromatic heterocycles. The van der Waals surface area contributed by atoms with Gasteiger partial charge in [0.25, 0.3) is 0 Å². The lowest BCUT2D eigenvalue weighted by atomic mass is 10.0. The van der Waals surface area contributed by atoms with Gasteiger partial charge < -0.3 is 4.74 Å². The van der Waals surface area contributed by atoms with Crippen LogP contribution in [0.4, 0.5) is 0 Å². The van der Waals surface area contributed by atoms with Gasteiger partial charge in [0.2, 0.25) is 0 Å². The number of aliphatic imine (C=N–C) groups is 1. The number of hydrogen-bond acceptors (Lipinski definition) is 2. The van der Waals surface area contributed by atoms with Gasteiger partial charge in [0.15, 0.2) is 0 Å². The second-order valence-corrected chi connectivity index (χ2v) is 4.37. The second kappa shape index (κ2) is 7.29. The Hall–Kier alpha value is -2.35. The van der Waals surface area contributed by atoms with E-state index in [9.17, 15) is 0 Å². The van der Waals surface area contributed by atoms with Crippen molar-refractivity contribution in [3.05, 3.63) is 84.1 Å². The van der Waals surface area contributed by atoms with Crippen molar-refractivity contribution in [2.75, 3.05) is 13.2 Å². The van der Waals surface area contributed by atoms with E-state index in [1.165, 1.54) is 0 Å². The Bertz CT molecular complexity index is 531. The first-order chi connectivity index (χ1) is 9.81. The van der Waals surface area contributed by atoms with Crippen LogP contribution >= 0.6 is 0 Å². The number of ether oxygens (including phenoxy) is 1. The summed E-state index contributed by atoms with van der Waals surface area (Å²) >= 11 is 0. The lowest BCUT2D eigenvalue weighted by Gasteiger charge is -2.09. The molecule has 2 rings (SSSR count). The van der Waals surface area contributed by atoms with Crippen molar-refractivity contribution in [3.63, 3.8) is 0 Å². The SMILES string of the molecule is C=C(CN=C(c1ccccc1)c1ccccc1)OCC. The quantitative estimate of drug-likeness (QED) is 0.570. The Labute approximate surface area is 120 Å². The van der Waals surface area contributed by atoms with Crippen LogP contribution in [0.2, 0.25) is 0 Å². The van der Waals surface area contributed by atoms with Crippen LogP contribution in [0.25, 0.3) is 0 Å². The standard InChI is InChI=1S/C18H19NO/c1-3-20-15(2)14-19-18(16-10-6-4-7-11-16)17-12-8-5-9-13-17/h4-13H,2-3,14H2,1H3. The normalized spacial score (nSPS) is 9.85. The fourth-order valence-electron chi connectivity index (χ4n) is 1.96. The van der Waals surface area contributed by atoms with E-state index in [0.717, 1.165) is 16.8 Å². The highest BCUT2D eigenvalue weighted by Gasteiger charge is 2.06. The van der Waals surface area contributed by atoms with Crippen LogP contribution in [0.1, 0.15) is 18.1 Å². The number of hydrogen-bond donors (Lipinski definition) is 0. The Balaban J connectivity index is 2.30. The van der Waals surface area contributed by atoms with Crippen molar-refractivity contribution in [1.29, 1.82) is 0 Å². The summed E-state index contributed by atoms with van der Waals surface area (Å²) in [6.07, 6.45) is 0. The third kappa shape index (κ3) is 3.82. The molecule has 2 heteroatoms. The summed E-state index contributed by atoms with van der Waals surface area (Å²) in [5, 5.41) is 0. The van der Waals surface area contributed by atoms with E-state index in [1.54, 1.807) is 0 Å². The van der Waals surface area contributed by atoms with Crippen LogP contribution in [0, 0.1) is 0 Å². The molecule has 0 N–H and O–H groups in total. The molecule has 0 bridgehead atoms. The Morgan fingerprint density at radius 2 is 1.45 bits per heavy atom. The van der Waals surface area contributed by atoms with Gasteiger partial charge in [-0.05, 0) is 6.92 Å². The van der Waals surface area contributed by atoms with Crippen molar-refractivity contribution in [1.82, 2.24) is 0 Å². The number of nitrogens with zero attached hydrogens (tertiary/aromatic N) is 1. The zero-order valence-corrected chi connectivity index (χ0v) is 11.8. The Morgan fingerprint density at radius 3 is 1.90 bits per heavy atom. The summed E-state index contributed by atoms with van der Waals surface area (Å²) in [6.45, 7) is 6.93. The molecule has 0 aliphatic heterocycles. The van der Waals surface area contributed by atoms with Crippen LogP contribution in [0.3, 0.4) is 0 Å². The van der Waals surface area contributed by atoms with Gasteiger partial charge in [-0.25, -0.2) is 0 Å². The van der Waals surface area contributed by atoms with Crippen LogP contribution < -0.4 is 0 Å². The molecule has 2 aromatic rings. The molecule has 0 atom stereocenters. The minimum Gasteiger partial charge on any atom is -0.497 e. The largest absolute Gasteiger partial charge is 0.497 e. The highest BCUT2D eigenvalue weighted by molar-refractivity contribution is 6.12. The highest BCUT2D eigenvalue weighted by Crippen LogP contribution is 2.11. The molecule has 0 saturated heterocycles. The summed E-state index contributed by atoms with van der Waals surface area (Å²) in [6, 6.07) is 20.3. The van der Waals surface area contributed by atoms with Crippen LogP contribution in [0.5, 0.6) is 0 Å². The average molecular weight is 265 g/mol. The molecule has 2 aromatic carbocycles. The van der Waals surface area contributed by atoms with Crippen molar-refractivity contribution in [2.45, 2.75) is 6.92 Å². The molecular weight excluding hydrogens is 246 g/mol. The molecule has 0 aliphatic carbocycles. The van der Waals surface area contributed by atoms with E-state index < -0.39 is 0 Å². The third-order valence-corrected chi connectivity index (χ3v) is 2.86. The Kier molecular flexibility index (Phi) is 5.13. The summed E-state index contributed by atoms with van der Waals surface area (Å²) in [4.78, 5) is 4.67. The summed E-state index contributed by atoms with van der Waals surface area (Å²) < 4.78 is 5.36. The molecule has 0 radical (unpaired) electrons. The predicted molar refractivity (Wildman–Crippen MR) is 84.2 cm³/mol. The first-order valence-corrected chi connectivity index (χ1v) is 6.77. The molecule has 20 heavy (non-hydrogen) atoms. The minimum atomic E-state index is 0.479. The van der Waals surface area contributed by atoms with Crippen molar-refractivity contribution in [3.8, 4) is 0 Å². The lowest BCUT2D eigenvalue weighted by Crippen LogP contribution is -2.05. The second-order valence-electron chi connectivity index (χ2n) is 4.37. The molecule has 0 spiro atoms. The minimum absolute atomic E-state index is 0.479. The molecule has 0 fully saturated rings. The number of rotatable bonds is 6. The molecule has 0 saturated carbocycles.